The quantitative estimate of drug-likeness (QED) is 0.347. The maximum Gasteiger partial charge on any atom is 0.433 e. The smallest absolute Gasteiger partial charge is 0.433 e. The number of pyridine rings is 1. The highest BCUT2D eigenvalue weighted by atomic mass is 32.2. The Morgan fingerprint density at radius 1 is 1.15 bits per heavy atom. The zero-order chi connectivity index (χ0) is 30.3. The van der Waals surface area contributed by atoms with Crippen LogP contribution in [-0.4, -0.2) is 54.9 Å². The highest BCUT2D eigenvalue weighted by Crippen LogP contribution is 2.41. The lowest BCUT2D eigenvalue weighted by molar-refractivity contribution is -0.257. The minimum absolute atomic E-state index is 0.244. The predicted molar refractivity (Wildman–Crippen MR) is 121 cm³/mol. The molecule has 1 aromatic carbocycles. The van der Waals surface area contributed by atoms with Gasteiger partial charge < -0.3 is 14.6 Å². The zero-order valence-corrected chi connectivity index (χ0v) is 21.5. The maximum absolute atomic E-state index is 15.1. The first-order valence-corrected chi connectivity index (χ1v) is 12.7. The van der Waals surface area contributed by atoms with Crippen LogP contribution in [0, 0.1) is 5.82 Å². The average Bonchev–Trinajstić information content (AvgIpc) is 2.81. The Morgan fingerprint density at radius 3 is 2.38 bits per heavy atom. The fourth-order valence-corrected chi connectivity index (χ4v) is 5.09. The highest BCUT2D eigenvalue weighted by molar-refractivity contribution is 7.92. The van der Waals surface area contributed by atoms with E-state index < -0.39 is 93.2 Å². The fraction of sp³-hybridized carbons (Fsp3) is 0.435. The molecule has 17 heteroatoms. The molecular formula is C23H21F7N2O7S. The van der Waals surface area contributed by atoms with E-state index in [1.165, 1.54) is 0 Å². The van der Waals surface area contributed by atoms with Gasteiger partial charge in [0.25, 0.3) is 10.0 Å². The second-order valence-corrected chi connectivity index (χ2v) is 11.0. The van der Waals surface area contributed by atoms with Crippen LogP contribution in [0.4, 0.5) is 36.4 Å². The molecule has 1 atom stereocenters. The summed E-state index contributed by atoms with van der Waals surface area (Å²) < 4.78 is 131. The van der Waals surface area contributed by atoms with Gasteiger partial charge >= 0.3 is 24.3 Å². The number of rotatable bonds is 8. The number of nitrogens with zero attached hydrogens (tertiary/aromatic N) is 2. The molecule has 0 radical (unpaired) electrons. The Bertz CT molecular complexity index is 1410. The number of carboxylic acid groups (broad SMARTS) is 1. The molecule has 0 amide bonds. The average molecular weight is 602 g/mol. The van der Waals surface area contributed by atoms with Gasteiger partial charge in [0, 0.05) is 12.6 Å². The molecule has 1 aromatic heterocycles. The van der Waals surface area contributed by atoms with Gasteiger partial charge in [-0.3, -0.25) is 18.9 Å². The molecule has 0 aliphatic carbocycles. The second kappa shape index (κ2) is 10.7. The largest absolute Gasteiger partial charge is 0.483 e. The molecule has 2 aromatic rings. The van der Waals surface area contributed by atoms with E-state index in [1.807, 2.05) is 0 Å². The number of halogens is 7. The molecule has 0 saturated carbocycles. The van der Waals surface area contributed by atoms with Crippen molar-refractivity contribution >= 4 is 27.6 Å². The number of hydrogen-bond acceptors (Lipinski definition) is 7. The summed E-state index contributed by atoms with van der Waals surface area (Å²) in [7, 11) is -4.91. The Hall–Kier alpha value is -3.63. The molecule has 0 saturated heterocycles. The topological polar surface area (TPSA) is 123 Å². The number of benzene rings is 1. The van der Waals surface area contributed by atoms with Crippen molar-refractivity contribution in [2.45, 2.75) is 62.1 Å². The zero-order valence-electron chi connectivity index (χ0n) is 20.6. The maximum atomic E-state index is 15.1. The van der Waals surface area contributed by atoms with E-state index >= 15 is 4.39 Å². The lowest BCUT2D eigenvalue weighted by Crippen LogP contribution is -2.44. The number of aliphatic carboxylic acids is 1. The van der Waals surface area contributed by atoms with Crippen LogP contribution in [0.5, 0.6) is 5.75 Å². The van der Waals surface area contributed by atoms with Crippen LogP contribution in [0.2, 0.25) is 0 Å². The number of esters is 1. The Labute approximate surface area is 222 Å². The van der Waals surface area contributed by atoms with E-state index in [-0.39, 0.29) is 18.1 Å². The van der Waals surface area contributed by atoms with E-state index in [2.05, 4.69) is 9.72 Å². The van der Waals surface area contributed by atoms with Gasteiger partial charge in [0.15, 0.2) is 11.6 Å². The van der Waals surface area contributed by atoms with Gasteiger partial charge in [0.1, 0.15) is 11.8 Å². The molecule has 9 nitrogen and oxygen atoms in total. The third-order valence-corrected chi connectivity index (χ3v) is 7.47. The fourth-order valence-electron chi connectivity index (χ4n) is 3.59. The van der Waals surface area contributed by atoms with Gasteiger partial charge in [-0.2, -0.15) is 26.3 Å². The molecule has 2 heterocycles. The van der Waals surface area contributed by atoms with Crippen LogP contribution in [0.1, 0.15) is 37.9 Å². The molecule has 1 aliphatic heterocycles. The molecule has 1 N–H and O–H groups in total. The van der Waals surface area contributed by atoms with Crippen LogP contribution in [0.15, 0.2) is 35.4 Å². The third kappa shape index (κ3) is 6.74. The number of fused-ring (bicyclic) bond motifs is 1. The number of alkyl halides is 6. The highest BCUT2D eigenvalue weighted by Gasteiger charge is 2.50. The van der Waals surface area contributed by atoms with Gasteiger partial charge in [-0.1, -0.05) is 0 Å². The van der Waals surface area contributed by atoms with E-state index in [0.29, 0.717) is 30.4 Å². The van der Waals surface area contributed by atoms with Crippen molar-refractivity contribution in [3.8, 4) is 5.75 Å². The van der Waals surface area contributed by atoms with E-state index in [4.69, 9.17) is 9.84 Å². The summed E-state index contributed by atoms with van der Waals surface area (Å²) in [5, 5.41) is 8.97. The Morgan fingerprint density at radius 2 is 1.80 bits per heavy atom. The van der Waals surface area contributed by atoms with Crippen LogP contribution >= 0.6 is 0 Å². The summed E-state index contributed by atoms with van der Waals surface area (Å²) in [5.41, 5.74) is -5.35. The van der Waals surface area contributed by atoms with Crippen molar-refractivity contribution in [3.05, 3.63) is 47.5 Å². The molecular weight excluding hydrogens is 581 g/mol. The van der Waals surface area contributed by atoms with Crippen molar-refractivity contribution in [1.29, 1.82) is 0 Å². The van der Waals surface area contributed by atoms with Crippen LogP contribution in [0.3, 0.4) is 0 Å². The van der Waals surface area contributed by atoms with Gasteiger partial charge in [-0.05, 0) is 50.1 Å². The molecule has 0 spiro atoms. The molecule has 0 fully saturated rings. The second-order valence-electron chi connectivity index (χ2n) is 9.17. The predicted octanol–water partition coefficient (Wildman–Crippen LogP) is 4.49. The van der Waals surface area contributed by atoms with E-state index in [0.717, 1.165) is 12.1 Å². The van der Waals surface area contributed by atoms with Gasteiger partial charge in [0.2, 0.25) is 5.60 Å². The SMILES string of the molecule is CC(C)(OC(=O)Cc1cc(F)c2c(c1)N(S(=O)(=O)c1ccnc(C(F)(F)F)c1)C[C@H](CCC(=O)O)O2)C(F)(F)F. The van der Waals surface area contributed by atoms with Crippen molar-refractivity contribution in [3.63, 3.8) is 0 Å². The van der Waals surface area contributed by atoms with Crippen LogP contribution in [0.25, 0.3) is 0 Å². The Kier molecular flexibility index (Phi) is 8.30. The first kappa shape index (κ1) is 30.9. The number of carboxylic acids is 1. The summed E-state index contributed by atoms with van der Waals surface area (Å²) >= 11 is 0. The van der Waals surface area contributed by atoms with E-state index in [1.54, 1.807) is 0 Å². The summed E-state index contributed by atoms with van der Waals surface area (Å²) in [6, 6.07) is 2.58. The van der Waals surface area contributed by atoms with Gasteiger partial charge in [-0.25, -0.2) is 12.8 Å². The number of carbonyl (C=O) groups is 2. The van der Waals surface area contributed by atoms with E-state index in [9.17, 15) is 44.3 Å². The standard InChI is InChI=1S/C23H21F7N2O7S/c1-21(2,23(28,29)30)39-19(35)9-12-7-15(24)20-16(8-12)32(11-13(38-20)3-4-18(33)34)40(36,37)14-5-6-31-17(10-14)22(25,26)27/h5-8,10,13H,3-4,9,11H2,1-2H3,(H,33,34)/t13-/m0/s1. The number of hydrogen-bond donors (Lipinski definition) is 1. The number of carbonyl (C=O) groups excluding carboxylic acids is 1. The van der Waals surface area contributed by atoms with Crippen molar-refractivity contribution in [2.75, 3.05) is 10.8 Å². The van der Waals surface area contributed by atoms with Crippen LogP contribution in [-0.2, 0) is 36.9 Å². The molecule has 220 valence electrons. The lowest BCUT2D eigenvalue weighted by Gasteiger charge is -2.36. The normalized spacial score (nSPS) is 16.2. The number of aromatic nitrogens is 1. The lowest BCUT2D eigenvalue weighted by atomic mass is 10.1. The monoisotopic (exact) mass is 602 g/mol. The summed E-state index contributed by atoms with van der Waals surface area (Å²) in [6.07, 6.45) is -12.4. The van der Waals surface area contributed by atoms with Gasteiger partial charge in [-0.15, -0.1) is 0 Å². The minimum atomic E-state index is -5.01. The molecule has 0 unspecified atom stereocenters. The number of ether oxygens (including phenoxy) is 2. The molecule has 3 rings (SSSR count). The minimum Gasteiger partial charge on any atom is -0.483 e. The van der Waals surface area contributed by atoms with Crippen molar-refractivity contribution in [2.24, 2.45) is 0 Å². The molecule has 0 bridgehead atoms. The van der Waals surface area contributed by atoms with Crippen molar-refractivity contribution < 1.29 is 63.3 Å². The summed E-state index contributed by atoms with van der Waals surface area (Å²) in [4.78, 5) is 25.4. The third-order valence-electron chi connectivity index (χ3n) is 5.70. The molecule has 1 aliphatic rings. The first-order valence-electron chi connectivity index (χ1n) is 11.3. The summed E-state index contributed by atoms with van der Waals surface area (Å²) in [6.45, 7) is 0.504. The summed E-state index contributed by atoms with van der Waals surface area (Å²) in [5.74, 6) is -4.70. The first-order chi connectivity index (χ1) is 18.2. The van der Waals surface area contributed by atoms with Crippen molar-refractivity contribution in [1.82, 2.24) is 4.98 Å². The Balaban J connectivity index is 2.06. The molecule has 40 heavy (non-hydrogen) atoms. The van der Waals surface area contributed by atoms with Gasteiger partial charge in [0.05, 0.1) is 23.5 Å². The number of sulfonamides is 1. The number of anilines is 1. The van der Waals surface area contributed by atoms with Crippen LogP contribution < -0.4 is 9.04 Å².